The average Bonchev–Trinajstić information content (AvgIpc) is 3.10. The fourth-order valence-electron chi connectivity index (χ4n) is 3.15. The molecule has 1 aliphatic rings. The SMILES string of the molecule is CC(=O)O.CC(=O)OCC1CC(OC(C)=O)[C@@H](OC(C)=O)C(n2cnc3c(Cl)nc(Cl)nc32)O1. The molecule has 3 rings (SSSR count). The molecule has 3 unspecified atom stereocenters. The minimum atomic E-state index is -1.04. The Bertz CT molecular complexity index is 1070. The molecule has 0 bridgehead atoms. The number of imidazole rings is 1. The Labute approximate surface area is 203 Å². The van der Waals surface area contributed by atoms with Gasteiger partial charge in [0.05, 0.1) is 12.4 Å². The number of halogens is 2. The topological polar surface area (TPSA) is 169 Å². The lowest BCUT2D eigenvalue weighted by Crippen LogP contribution is -2.50. The van der Waals surface area contributed by atoms with Crippen LogP contribution in [0.4, 0.5) is 0 Å². The van der Waals surface area contributed by atoms with E-state index in [-0.39, 0.29) is 34.6 Å². The van der Waals surface area contributed by atoms with E-state index in [1.54, 1.807) is 0 Å². The number of esters is 3. The molecule has 3 heterocycles. The zero-order valence-electron chi connectivity index (χ0n) is 18.6. The molecule has 0 amide bonds. The second-order valence-electron chi connectivity index (χ2n) is 7.04. The van der Waals surface area contributed by atoms with Gasteiger partial charge in [-0.2, -0.15) is 4.98 Å². The lowest BCUT2D eigenvalue weighted by molar-refractivity contribution is -0.229. The highest BCUT2D eigenvalue weighted by atomic mass is 35.5. The number of nitrogens with zero attached hydrogens (tertiary/aromatic N) is 4. The molecule has 0 spiro atoms. The number of hydrogen-bond acceptors (Lipinski definition) is 11. The summed E-state index contributed by atoms with van der Waals surface area (Å²) >= 11 is 12.0. The summed E-state index contributed by atoms with van der Waals surface area (Å²) in [5.41, 5.74) is 0.467. The van der Waals surface area contributed by atoms with Gasteiger partial charge in [-0.15, -0.1) is 0 Å². The Kier molecular flexibility index (Phi) is 9.53. The number of carboxylic acids is 1. The molecule has 1 N–H and O–H groups in total. The molecule has 0 radical (unpaired) electrons. The van der Waals surface area contributed by atoms with Crippen LogP contribution >= 0.6 is 23.2 Å². The molecule has 2 aromatic rings. The summed E-state index contributed by atoms with van der Waals surface area (Å²) in [5.74, 6) is -2.52. The third-order valence-electron chi connectivity index (χ3n) is 4.19. The van der Waals surface area contributed by atoms with Crippen molar-refractivity contribution >= 4 is 58.2 Å². The number of ether oxygens (including phenoxy) is 4. The van der Waals surface area contributed by atoms with Gasteiger partial charge in [0, 0.05) is 34.1 Å². The Morgan fingerprint density at radius 3 is 2.26 bits per heavy atom. The molecule has 0 saturated carbocycles. The van der Waals surface area contributed by atoms with E-state index in [4.69, 9.17) is 52.1 Å². The van der Waals surface area contributed by atoms with Crippen molar-refractivity contribution in [1.82, 2.24) is 19.5 Å². The largest absolute Gasteiger partial charge is 0.481 e. The van der Waals surface area contributed by atoms with Gasteiger partial charge in [0.1, 0.15) is 18.2 Å². The number of aromatic nitrogens is 4. The highest BCUT2D eigenvalue weighted by Crippen LogP contribution is 2.35. The van der Waals surface area contributed by atoms with Gasteiger partial charge in [-0.25, -0.2) is 9.97 Å². The van der Waals surface area contributed by atoms with E-state index in [1.807, 2.05) is 0 Å². The molecule has 13 nitrogen and oxygen atoms in total. The summed E-state index contributed by atoms with van der Waals surface area (Å²) < 4.78 is 23.3. The van der Waals surface area contributed by atoms with Crippen LogP contribution in [-0.2, 0) is 38.1 Å². The Morgan fingerprint density at radius 2 is 1.71 bits per heavy atom. The van der Waals surface area contributed by atoms with Crippen molar-refractivity contribution in [2.24, 2.45) is 0 Å². The molecule has 1 fully saturated rings. The zero-order chi connectivity index (χ0) is 25.6. The van der Waals surface area contributed by atoms with Gasteiger partial charge in [-0.05, 0) is 11.6 Å². The average molecular weight is 521 g/mol. The molecular formula is C19H22Cl2N4O9. The van der Waals surface area contributed by atoms with Crippen LogP contribution in [-0.4, -0.2) is 73.4 Å². The molecule has 1 aliphatic heterocycles. The third kappa shape index (κ3) is 7.50. The summed E-state index contributed by atoms with van der Waals surface area (Å²) in [4.78, 5) is 55.7. The van der Waals surface area contributed by atoms with Crippen LogP contribution in [0.5, 0.6) is 0 Å². The van der Waals surface area contributed by atoms with Gasteiger partial charge in [0.2, 0.25) is 5.28 Å². The number of rotatable bonds is 5. The normalized spacial score (nSPS) is 21.7. The summed E-state index contributed by atoms with van der Waals surface area (Å²) in [6.07, 6.45) is -2.12. The number of carbonyl (C=O) groups excluding carboxylic acids is 3. The summed E-state index contributed by atoms with van der Waals surface area (Å²) in [6, 6.07) is 0. The van der Waals surface area contributed by atoms with Crippen molar-refractivity contribution in [2.45, 2.75) is 58.7 Å². The smallest absolute Gasteiger partial charge is 0.303 e. The first kappa shape index (κ1) is 27.2. The number of carbonyl (C=O) groups is 4. The maximum Gasteiger partial charge on any atom is 0.303 e. The Hall–Kier alpha value is -3.03. The molecule has 186 valence electrons. The standard InChI is InChI=1S/C17H18Cl2N4O7.C2H4O2/c1-7(24)27-5-10-4-11(28-8(2)25)13(29-9(3)26)16(30-10)23-6-20-12-14(18)21-17(19)22-15(12)23;1-2(3)4/h6,10-11,13,16H,4-5H2,1-3H3;1H3,(H,3,4)/t10?,11?,13-,16?;/m1./s1. The van der Waals surface area contributed by atoms with E-state index >= 15 is 0 Å². The number of carboxylic acid groups (broad SMARTS) is 1. The zero-order valence-corrected chi connectivity index (χ0v) is 20.1. The van der Waals surface area contributed by atoms with Crippen LogP contribution in [0.1, 0.15) is 40.3 Å². The second kappa shape index (κ2) is 11.9. The summed E-state index contributed by atoms with van der Waals surface area (Å²) in [7, 11) is 0. The maximum absolute atomic E-state index is 11.7. The fraction of sp³-hybridized carbons (Fsp3) is 0.526. The summed E-state index contributed by atoms with van der Waals surface area (Å²) in [6.45, 7) is 4.69. The quantitative estimate of drug-likeness (QED) is 0.263. The molecule has 15 heteroatoms. The van der Waals surface area contributed by atoms with E-state index in [0.29, 0.717) is 0 Å². The van der Waals surface area contributed by atoms with Crippen molar-refractivity contribution in [3.63, 3.8) is 0 Å². The fourth-order valence-corrected chi connectivity index (χ4v) is 3.57. The van der Waals surface area contributed by atoms with Crippen LogP contribution in [0.3, 0.4) is 0 Å². The van der Waals surface area contributed by atoms with Crippen LogP contribution in [0.2, 0.25) is 10.4 Å². The monoisotopic (exact) mass is 520 g/mol. The maximum atomic E-state index is 11.7. The predicted octanol–water partition coefficient (Wildman–Crippen LogP) is 1.94. The van der Waals surface area contributed by atoms with Crippen LogP contribution in [0.25, 0.3) is 11.2 Å². The van der Waals surface area contributed by atoms with E-state index < -0.39 is 48.4 Å². The molecule has 4 atom stereocenters. The highest BCUT2D eigenvalue weighted by molar-refractivity contribution is 6.35. The highest BCUT2D eigenvalue weighted by Gasteiger charge is 2.45. The van der Waals surface area contributed by atoms with Gasteiger partial charge >= 0.3 is 17.9 Å². The first-order chi connectivity index (χ1) is 15.9. The minimum Gasteiger partial charge on any atom is -0.481 e. The van der Waals surface area contributed by atoms with Crippen molar-refractivity contribution < 1.29 is 43.2 Å². The van der Waals surface area contributed by atoms with Crippen LogP contribution in [0, 0.1) is 0 Å². The molecule has 1 saturated heterocycles. The lowest BCUT2D eigenvalue weighted by Gasteiger charge is -2.40. The molecule has 34 heavy (non-hydrogen) atoms. The van der Waals surface area contributed by atoms with Gasteiger partial charge in [0.15, 0.2) is 23.1 Å². The third-order valence-corrected chi connectivity index (χ3v) is 4.62. The lowest BCUT2D eigenvalue weighted by atomic mass is 10.0. The number of hydrogen-bond donors (Lipinski definition) is 1. The molecule has 0 aliphatic carbocycles. The van der Waals surface area contributed by atoms with Gasteiger partial charge in [-0.3, -0.25) is 23.7 Å². The van der Waals surface area contributed by atoms with Crippen molar-refractivity contribution in [3.8, 4) is 0 Å². The predicted molar refractivity (Wildman–Crippen MR) is 115 cm³/mol. The van der Waals surface area contributed by atoms with Gasteiger partial charge < -0.3 is 24.1 Å². The van der Waals surface area contributed by atoms with E-state index in [9.17, 15) is 14.4 Å². The van der Waals surface area contributed by atoms with Crippen molar-refractivity contribution in [2.75, 3.05) is 6.61 Å². The number of fused-ring (bicyclic) bond motifs is 1. The summed E-state index contributed by atoms with van der Waals surface area (Å²) in [5, 5.41) is 7.32. The first-order valence-electron chi connectivity index (χ1n) is 9.77. The Balaban J connectivity index is 0.000000945. The Morgan fingerprint density at radius 1 is 1.09 bits per heavy atom. The molecule has 2 aromatic heterocycles. The first-order valence-corrected chi connectivity index (χ1v) is 10.5. The number of aliphatic carboxylic acids is 1. The van der Waals surface area contributed by atoms with E-state index in [1.165, 1.54) is 31.7 Å². The molecular weight excluding hydrogens is 499 g/mol. The van der Waals surface area contributed by atoms with Crippen molar-refractivity contribution in [3.05, 3.63) is 16.8 Å². The van der Waals surface area contributed by atoms with Crippen molar-refractivity contribution in [1.29, 1.82) is 0 Å². The molecule has 0 aromatic carbocycles. The second-order valence-corrected chi connectivity index (χ2v) is 7.73. The van der Waals surface area contributed by atoms with Crippen LogP contribution < -0.4 is 0 Å². The van der Waals surface area contributed by atoms with E-state index in [2.05, 4.69) is 15.0 Å². The van der Waals surface area contributed by atoms with Crippen LogP contribution in [0.15, 0.2) is 6.33 Å². The van der Waals surface area contributed by atoms with E-state index in [0.717, 1.165) is 6.92 Å². The minimum absolute atomic E-state index is 0.0246. The van der Waals surface area contributed by atoms with Gasteiger partial charge in [-0.1, -0.05) is 11.6 Å². The van der Waals surface area contributed by atoms with Gasteiger partial charge in [0.25, 0.3) is 5.97 Å².